The maximum absolute atomic E-state index is 12.4. The molecule has 0 saturated heterocycles. The highest BCUT2D eigenvalue weighted by Gasteiger charge is 2.23. The first kappa shape index (κ1) is 51.7. The summed E-state index contributed by atoms with van der Waals surface area (Å²) in [4.78, 5) is 66.7. The molecule has 4 N–H and O–H groups in total. The predicted octanol–water partition coefficient (Wildman–Crippen LogP) is 9.97. The lowest BCUT2D eigenvalue weighted by Crippen LogP contribution is -2.29. The minimum atomic E-state index is -4.79. The minimum absolute atomic E-state index is 0.157. The molecule has 15 heteroatoms. The van der Waals surface area contributed by atoms with Gasteiger partial charge in [-0.1, -0.05) is 128 Å². The van der Waals surface area contributed by atoms with Crippen molar-refractivity contribution in [1.82, 2.24) is 10.6 Å². The van der Waals surface area contributed by atoms with Gasteiger partial charge in [0.25, 0.3) is 0 Å². The van der Waals surface area contributed by atoms with Gasteiger partial charge < -0.3 is 39.4 Å². The van der Waals surface area contributed by atoms with E-state index in [9.17, 15) is 23.7 Å². The van der Waals surface area contributed by atoms with Gasteiger partial charge in [-0.3, -0.25) is 14.1 Å². The van der Waals surface area contributed by atoms with E-state index in [0.717, 1.165) is 128 Å². The molecule has 0 radical (unpaired) electrons. The second-order valence-corrected chi connectivity index (χ2v) is 17.7. The standard InChI is InChI=1S/C43H79N2O12P/c46-40(29-21-11-7-3-1-5-9-13-23-31-44-42(48)54-33-37-25-17-15-18-26-37)53-35-39(36-56-58(50,51)52)57-41(47)30-22-12-8-4-2-6-10-14-24-32-45-43(49)55-34-38-27-19-16-20-28-38/h37-39H,1-36H2,(H,44,48)(H,45,49)(H2,50,51,52). The molecule has 0 spiro atoms. The summed E-state index contributed by atoms with van der Waals surface area (Å²) < 4.78 is 37.1. The Morgan fingerprint density at radius 3 is 1.29 bits per heavy atom. The Labute approximate surface area is 349 Å². The van der Waals surface area contributed by atoms with Gasteiger partial charge in [-0.15, -0.1) is 0 Å². The molecule has 0 aromatic carbocycles. The fourth-order valence-corrected chi connectivity index (χ4v) is 8.00. The summed E-state index contributed by atoms with van der Waals surface area (Å²) >= 11 is 0. The van der Waals surface area contributed by atoms with Gasteiger partial charge in [0, 0.05) is 25.9 Å². The van der Waals surface area contributed by atoms with Gasteiger partial charge in [-0.05, 0) is 63.2 Å². The lowest BCUT2D eigenvalue weighted by molar-refractivity contribution is -0.161. The van der Waals surface area contributed by atoms with Gasteiger partial charge in [0.05, 0.1) is 19.8 Å². The molecule has 58 heavy (non-hydrogen) atoms. The SMILES string of the molecule is O=C(CCCCCCCCCCCNC(=O)OCC1CCCCC1)OCC(COP(=O)(O)O)OC(=O)CCCCCCCCCCCNC(=O)OCC1CCCCC1. The summed E-state index contributed by atoms with van der Waals surface area (Å²) in [6, 6.07) is 0. The highest BCUT2D eigenvalue weighted by atomic mass is 31.2. The predicted molar refractivity (Wildman–Crippen MR) is 223 cm³/mol. The van der Waals surface area contributed by atoms with E-state index in [1.165, 1.54) is 38.5 Å². The van der Waals surface area contributed by atoms with E-state index >= 15 is 0 Å². The van der Waals surface area contributed by atoms with Crippen LogP contribution in [0.5, 0.6) is 0 Å². The molecule has 1 atom stereocenters. The number of nitrogens with one attached hydrogen (secondary N) is 2. The number of rotatable bonds is 34. The van der Waals surface area contributed by atoms with Gasteiger partial charge in [0.2, 0.25) is 0 Å². The largest absolute Gasteiger partial charge is 0.469 e. The molecule has 2 aliphatic carbocycles. The van der Waals surface area contributed by atoms with Crippen LogP contribution in [0.25, 0.3) is 0 Å². The normalized spacial score (nSPS) is 15.7. The van der Waals surface area contributed by atoms with Gasteiger partial charge >= 0.3 is 31.9 Å². The van der Waals surface area contributed by atoms with Crippen molar-refractivity contribution in [2.75, 3.05) is 39.5 Å². The van der Waals surface area contributed by atoms with Crippen LogP contribution in [0.3, 0.4) is 0 Å². The van der Waals surface area contributed by atoms with Crippen molar-refractivity contribution < 1.29 is 57.0 Å². The van der Waals surface area contributed by atoms with Crippen molar-refractivity contribution in [3.63, 3.8) is 0 Å². The van der Waals surface area contributed by atoms with Crippen LogP contribution in [0.4, 0.5) is 9.59 Å². The first-order chi connectivity index (χ1) is 28.1. The Bertz CT molecular complexity index is 1130. The summed E-state index contributed by atoms with van der Waals surface area (Å²) in [6.07, 6.45) is 28.7. The van der Waals surface area contributed by atoms with Crippen molar-refractivity contribution in [2.45, 2.75) is 199 Å². The smallest absolute Gasteiger partial charge is 0.462 e. The Hall–Kier alpha value is -2.41. The highest BCUT2D eigenvalue weighted by molar-refractivity contribution is 7.46. The molecule has 0 aliphatic heterocycles. The van der Waals surface area contributed by atoms with Crippen LogP contribution < -0.4 is 10.6 Å². The molecule has 2 saturated carbocycles. The zero-order valence-electron chi connectivity index (χ0n) is 35.6. The van der Waals surface area contributed by atoms with Crippen molar-refractivity contribution in [1.29, 1.82) is 0 Å². The molecule has 338 valence electrons. The first-order valence-electron chi connectivity index (χ1n) is 23.0. The van der Waals surface area contributed by atoms with Crippen molar-refractivity contribution in [3.05, 3.63) is 0 Å². The van der Waals surface area contributed by atoms with Crippen LogP contribution in [-0.4, -0.2) is 79.5 Å². The molecule has 2 fully saturated rings. The Kier molecular flexibility index (Phi) is 30.6. The van der Waals surface area contributed by atoms with Gasteiger partial charge in [-0.2, -0.15) is 0 Å². The van der Waals surface area contributed by atoms with E-state index in [4.69, 9.17) is 28.7 Å². The van der Waals surface area contributed by atoms with Crippen molar-refractivity contribution in [3.8, 4) is 0 Å². The van der Waals surface area contributed by atoms with E-state index in [-0.39, 0.29) is 31.6 Å². The number of alkyl carbamates (subject to hydrolysis) is 2. The summed E-state index contributed by atoms with van der Waals surface area (Å²) in [6.45, 7) is 1.44. The van der Waals surface area contributed by atoms with Gasteiger partial charge in [0.1, 0.15) is 6.61 Å². The molecule has 0 aromatic heterocycles. The topological polar surface area (TPSA) is 196 Å². The maximum Gasteiger partial charge on any atom is 0.469 e. The van der Waals surface area contributed by atoms with Crippen LogP contribution in [0.2, 0.25) is 0 Å². The number of esters is 2. The summed E-state index contributed by atoms with van der Waals surface area (Å²) in [5.74, 6) is 0.0659. The summed E-state index contributed by atoms with van der Waals surface area (Å²) in [5, 5.41) is 5.70. The van der Waals surface area contributed by atoms with E-state index in [2.05, 4.69) is 15.2 Å². The molecule has 14 nitrogen and oxygen atoms in total. The summed E-state index contributed by atoms with van der Waals surface area (Å²) in [5.41, 5.74) is 0. The van der Waals surface area contributed by atoms with E-state index < -0.39 is 32.5 Å². The third kappa shape index (κ3) is 31.5. The molecule has 1 unspecified atom stereocenters. The number of unbranched alkanes of at least 4 members (excludes halogenated alkanes) is 16. The highest BCUT2D eigenvalue weighted by Crippen LogP contribution is 2.36. The third-order valence-electron chi connectivity index (χ3n) is 11.2. The number of hydrogen-bond donors (Lipinski definition) is 4. The minimum Gasteiger partial charge on any atom is -0.462 e. The van der Waals surface area contributed by atoms with Crippen LogP contribution in [-0.2, 0) is 37.6 Å². The lowest BCUT2D eigenvalue weighted by Gasteiger charge is -2.21. The number of ether oxygens (including phenoxy) is 4. The molecule has 2 rings (SSSR count). The van der Waals surface area contributed by atoms with Crippen molar-refractivity contribution in [2.24, 2.45) is 11.8 Å². The average Bonchev–Trinajstić information content (AvgIpc) is 3.21. The van der Waals surface area contributed by atoms with E-state index in [1.54, 1.807) is 0 Å². The molecular formula is C43H79N2O12P. The Morgan fingerprint density at radius 1 is 0.500 bits per heavy atom. The van der Waals surface area contributed by atoms with Crippen LogP contribution in [0, 0.1) is 11.8 Å². The zero-order valence-corrected chi connectivity index (χ0v) is 36.5. The molecule has 0 heterocycles. The zero-order chi connectivity index (χ0) is 41.9. The van der Waals surface area contributed by atoms with Crippen LogP contribution >= 0.6 is 7.82 Å². The average molecular weight is 847 g/mol. The van der Waals surface area contributed by atoms with Crippen LogP contribution in [0.15, 0.2) is 0 Å². The number of amides is 2. The first-order valence-corrected chi connectivity index (χ1v) is 24.5. The van der Waals surface area contributed by atoms with E-state index in [0.29, 0.717) is 51.0 Å². The Morgan fingerprint density at radius 2 is 0.879 bits per heavy atom. The second-order valence-electron chi connectivity index (χ2n) is 16.5. The molecule has 0 aromatic rings. The number of carbonyl (C=O) groups is 4. The number of phosphoric ester groups is 1. The molecule has 0 bridgehead atoms. The molecule has 2 amide bonds. The molecular weight excluding hydrogens is 767 g/mol. The Balaban J connectivity index is 1.39. The van der Waals surface area contributed by atoms with E-state index in [1.807, 2.05) is 0 Å². The number of carbonyl (C=O) groups excluding carboxylic acids is 4. The second kappa shape index (κ2) is 34.3. The fraction of sp³-hybridized carbons (Fsp3) is 0.907. The monoisotopic (exact) mass is 847 g/mol. The maximum atomic E-state index is 12.4. The third-order valence-corrected chi connectivity index (χ3v) is 11.6. The number of hydrogen-bond acceptors (Lipinski definition) is 10. The fourth-order valence-electron chi connectivity index (χ4n) is 7.64. The van der Waals surface area contributed by atoms with Crippen LogP contribution in [0.1, 0.15) is 193 Å². The summed E-state index contributed by atoms with van der Waals surface area (Å²) in [7, 11) is -4.79. The van der Waals surface area contributed by atoms with Gasteiger partial charge in [0.15, 0.2) is 6.10 Å². The number of phosphoric acid groups is 1. The van der Waals surface area contributed by atoms with Crippen molar-refractivity contribution >= 4 is 31.9 Å². The quantitative estimate of drug-likeness (QED) is 0.0207. The molecule has 2 aliphatic rings. The van der Waals surface area contributed by atoms with Gasteiger partial charge in [-0.25, -0.2) is 14.2 Å². The lowest BCUT2D eigenvalue weighted by atomic mass is 9.90.